The highest BCUT2D eigenvalue weighted by Gasteiger charge is 2.40. The largest absolute Gasteiger partial charge is 0.490 e. The van der Waals surface area contributed by atoms with Gasteiger partial charge in [0.15, 0.2) is 11.5 Å². The summed E-state index contributed by atoms with van der Waals surface area (Å²) >= 11 is 0. The van der Waals surface area contributed by atoms with Crippen molar-refractivity contribution in [1.82, 2.24) is 5.32 Å². The van der Waals surface area contributed by atoms with Crippen molar-refractivity contribution < 1.29 is 28.9 Å². The Labute approximate surface area is 153 Å². The van der Waals surface area contributed by atoms with E-state index in [0.717, 1.165) is 6.42 Å². The molecule has 0 spiro atoms. The zero-order valence-electron chi connectivity index (χ0n) is 15.6. The minimum Gasteiger partial charge on any atom is -0.490 e. The van der Waals surface area contributed by atoms with Gasteiger partial charge in [-0.25, -0.2) is 0 Å². The van der Waals surface area contributed by atoms with Crippen LogP contribution in [-0.2, 0) is 4.79 Å². The number of aliphatic carboxylic acids is 1. The summed E-state index contributed by atoms with van der Waals surface area (Å²) in [6.07, 6.45) is 2.16. The molecule has 1 saturated carbocycles. The maximum absolute atomic E-state index is 12.8. The molecule has 0 unspecified atom stereocenters. The van der Waals surface area contributed by atoms with Crippen LogP contribution in [0.15, 0.2) is 12.1 Å². The molecule has 1 aromatic carbocycles. The topological polar surface area (TPSA) is 94.1 Å². The molecular weight excluding hydrogens is 338 g/mol. The summed E-state index contributed by atoms with van der Waals surface area (Å²) in [6.45, 7) is 6.82. The Hall–Kier alpha value is -2.44. The Morgan fingerprint density at radius 1 is 1.04 bits per heavy atom. The van der Waals surface area contributed by atoms with E-state index >= 15 is 0 Å². The molecule has 1 fully saturated rings. The van der Waals surface area contributed by atoms with Crippen LogP contribution in [0.2, 0.25) is 0 Å². The van der Waals surface area contributed by atoms with Crippen LogP contribution in [0.5, 0.6) is 17.2 Å². The third-order valence-corrected chi connectivity index (χ3v) is 4.35. The number of carbonyl (C=O) groups excluding carboxylic acids is 1. The molecule has 0 heterocycles. The van der Waals surface area contributed by atoms with E-state index in [-0.39, 0.29) is 12.3 Å². The quantitative estimate of drug-likeness (QED) is 0.662. The molecule has 2 N–H and O–H groups in total. The number of carboxylic acid groups (broad SMARTS) is 1. The van der Waals surface area contributed by atoms with Crippen molar-refractivity contribution in [1.29, 1.82) is 0 Å². The number of carbonyl (C=O) groups is 2. The third kappa shape index (κ3) is 4.59. The summed E-state index contributed by atoms with van der Waals surface area (Å²) in [5, 5.41) is 12.0. The standard InChI is InChI=1S/C19H27NO6/c1-4-24-14-10-13(11-15(25-5-2)17(14)26-6-3)18(23)20-19(8-7-9-19)12-16(21)22/h10-11H,4-9,12H2,1-3H3,(H,20,23)(H,21,22). The Bertz CT molecular complexity index is 626. The second-order valence-electron chi connectivity index (χ2n) is 6.26. The second kappa shape index (κ2) is 8.78. The molecule has 1 aliphatic rings. The summed E-state index contributed by atoms with van der Waals surface area (Å²) in [5.74, 6) is 0.0898. The number of hydrogen-bond donors (Lipinski definition) is 2. The van der Waals surface area contributed by atoms with E-state index in [9.17, 15) is 9.59 Å². The normalized spacial score (nSPS) is 14.9. The van der Waals surface area contributed by atoms with Crippen molar-refractivity contribution in [2.75, 3.05) is 19.8 Å². The number of nitrogens with one attached hydrogen (secondary N) is 1. The minimum absolute atomic E-state index is 0.0770. The van der Waals surface area contributed by atoms with Gasteiger partial charge in [0.1, 0.15) is 0 Å². The summed E-state index contributed by atoms with van der Waals surface area (Å²) in [5.41, 5.74) is -0.309. The van der Waals surface area contributed by atoms with Crippen molar-refractivity contribution in [2.45, 2.75) is 52.0 Å². The highest BCUT2D eigenvalue weighted by Crippen LogP contribution is 2.40. The van der Waals surface area contributed by atoms with Crippen LogP contribution < -0.4 is 19.5 Å². The molecule has 26 heavy (non-hydrogen) atoms. The molecule has 0 bridgehead atoms. The summed E-state index contributed by atoms with van der Waals surface area (Å²) < 4.78 is 16.9. The monoisotopic (exact) mass is 365 g/mol. The van der Waals surface area contributed by atoms with E-state index in [0.29, 0.717) is 55.5 Å². The van der Waals surface area contributed by atoms with Gasteiger partial charge in [0.2, 0.25) is 5.75 Å². The van der Waals surface area contributed by atoms with E-state index in [1.165, 1.54) is 0 Å². The average molecular weight is 365 g/mol. The van der Waals surface area contributed by atoms with Gasteiger partial charge < -0.3 is 24.6 Å². The van der Waals surface area contributed by atoms with Gasteiger partial charge in [0.25, 0.3) is 5.91 Å². The van der Waals surface area contributed by atoms with Gasteiger partial charge in [-0.3, -0.25) is 9.59 Å². The van der Waals surface area contributed by atoms with Crippen molar-refractivity contribution >= 4 is 11.9 Å². The lowest BCUT2D eigenvalue weighted by molar-refractivity contribution is -0.139. The van der Waals surface area contributed by atoms with Gasteiger partial charge in [-0.2, -0.15) is 0 Å². The fourth-order valence-corrected chi connectivity index (χ4v) is 3.07. The first-order valence-electron chi connectivity index (χ1n) is 9.05. The van der Waals surface area contributed by atoms with Crippen molar-refractivity contribution in [3.8, 4) is 17.2 Å². The van der Waals surface area contributed by atoms with E-state index < -0.39 is 11.5 Å². The van der Waals surface area contributed by atoms with Gasteiger partial charge in [-0.05, 0) is 52.2 Å². The Balaban J connectivity index is 2.32. The molecule has 0 atom stereocenters. The van der Waals surface area contributed by atoms with Crippen LogP contribution in [-0.4, -0.2) is 42.3 Å². The Morgan fingerprint density at radius 2 is 1.58 bits per heavy atom. The molecular formula is C19H27NO6. The van der Waals surface area contributed by atoms with Crippen LogP contribution in [0.4, 0.5) is 0 Å². The Morgan fingerprint density at radius 3 is 1.96 bits per heavy atom. The molecule has 144 valence electrons. The molecule has 2 rings (SSSR count). The van der Waals surface area contributed by atoms with Gasteiger partial charge in [0.05, 0.1) is 31.8 Å². The summed E-state index contributed by atoms with van der Waals surface area (Å²) in [4.78, 5) is 23.9. The number of carboxylic acids is 1. The molecule has 7 nitrogen and oxygen atoms in total. The lowest BCUT2D eigenvalue weighted by Crippen LogP contribution is -2.54. The summed E-state index contributed by atoms with van der Waals surface area (Å²) in [6, 6.07) is 3.22. The Kier molecular flexibility index (Phi) is 6.71. The number of hydrogen-bond acceptors (Lipinski definition) is 5. The van der Waals surface area contributed by atoms with E-state index in [4.69, 9.17) is 19.3 Å². The molecule has 0 aromatic heterocycles. The fraction of sp³-hybridized carbons (Fsp3) is 0.579. The molecule has 1 aromatic rings. The van der Waals surface area contributed by atoms with E-state index in [1.54, 1.807) is 12.1 Å². The van der Waals surface area contributed by atoms with Crippen molar-refractivity contribution in [3.63, 3.8) is 0 Å². The van der Waals surface area contributed by atoms with E-state index in [2.05, 4.69) is 5.32 Å². The third-order valence-electron chi connectivity index (χ3n) is 4.35. The van der Waals surface area contributed by atoms with Crippen LogP contribution in [0.25, 0.3) is 0 Å². The first kappa shape index (κ1) is 19.9. The zero-order valence-corrected chi connectivity index (χ0v) is 15.6. The van der Waals surface area contributed by atoms with Crippen molar-refractivity contribution in [2.24, 2.45) is 0 Å². The highest BCUT2D eigenvalue weighted by molar-refractivity contribution is 5.96. The molecule has 7 heteroatoms. The first-order chi connectivity index (χ1) is 12.4. The number of amides is 1. The number of benzene rings is 1. The van der Waals surface area contributed by atoms with Crippen LogP contribution in [0, 0.1) is 0 Å². The number of rotatable bonds is 10. The fourth-order valence-electron chi connectivity index (χ4n) is 3.07. The molecule has 0 radical (unpaired) electrons. The maximum Gasteiger partial charge on any atom is 0.305 e. The molecule has 1 amide bonds. The van der Waals surface area contributed by atoms with Crippen LogP contribution in [0.1, 0.15) is 56.8 Å². The van der Waals surface area contributed by atoms with Gasteiger partial charge >= 0.3 is 5.97 Å². The minimum atomic E-state index is -0.915. The predicted octanol–water partition coefficient (Wildman–Crippen LogP) is 3.01. The van der Waals surface area contributed by atoms with Gasteiger partial charge in [-0.1, -0.05) is 0 Å². The molecule has 0 saturated heterocycles. The average Bonchev–Trinajstić information content (AvgIpc) is 2.55. The molecule has 1 aliphatic carbocycles. The SMILES string of the molecule is CCOc1cc(C(=O)NC2(CC(=O)O)CCC2)cc(OCC)c1OCC. The lowest BCUT2D eigenvalue weighted by Gasteiger charge is -2.41. The van der Waals surface area contributed by atoms with Crippen LogP contribution >= 0.6 is 0 Å². The summed E-state index contributed by atoms with van der Waals surface area (Å²) in [7, 11) is 0. The van der Waals surface area contributed by atoms with Gasteiger partial charge in [0, 0.05) is 5.56 Å². The number of ether oxygens (including phenoxy) is 3. The van der Waals surface area contributed by atoms with Gasteiger partial charge in [-0.15, -0.1) is 0 Å². The smallest absolute Gasteiger partial charge is 0.305 e. The maximum atomic E-state index is 12.8. The van der Waals surface area contributed by atoms with Crippen molar-refractivity contribution in [3.05, 3.63) is 17.7 Å². The highest BCUT2D eigenvalue weighted by atomic mass is 16.5. The predicted molar refractivity (Wildman–Crippen MR) is 96.3 cm³/mol. The molecule has 0 aliphatic heterocycles. The zero-order chi connectivity index (χ0) is 19.2. The second-order valence-corrected chi connectivity index (χ2v) is 6.26. The van der Waals surface area contributed by atoms with E-state index in [1.807, 2.05) is 20.8 Å². The lowest BCUT2D eigenvalue weighted by atomic mass is 9.74. The van der Waals surface area contributed by atoms with Crippen LogP contribution in [0.3, 0.4) is 0 Å². The first-order valence-corrected chi connectivity index (χ1v) is 9.05.